The molecule has 3 nitrogen and oxygen atoms in total. The van der Waals surface area contributed by atoms with Crippen molar-refractivity contribution in [2.24, 2.45) is 5.73 Å². The third-order valence-electron chi connectivity index (χ3n) is 3.39. The van der Waals surface area contributed by atoms with Gasteiger partial charge in [0.2, 0.25) is 0 Å². The predicted octanol–water partition coefficient (Wildman–Crippen LogP) is 2.90. The van der Waals surface area contributed by atoms with E-state index in [1.54, 1.807) is 12.3 Å². The van der Waals surface area contributed by atoms with Gasteiger partial charge in [0.15, 0.2) is 11.6 Å². The molecule has 108 valence electrons. The highest BCUT2D eigenvalue weighted by Gasteiger charge is 2.18. The summed E-state index contributed by atoms with van der Waals surface area (Å²) in [6, 6.07) is 7.35. The summed E-state index contributed by atoms with van der Waals surface area (Å²) in [6.45, 7) is 1.84. The molecule has 21 heavy (non-hydrogen) atoms. The lowest BCUT2D eigenvalue weighted by Crippen LogP contribution is -2.26. The highest BCUT2D eigenvalue weighted by molar-refractivity contribution is 5.32. The van der Waals surface area contributed by atoms with Crippen LogP contribution >= 0.6 is 0 Å². The van der Waals surface area contributed by atoms with Crippen molar-refractivity contribution in [1.29, 1.82) is 5.26 Å². The summed E-state index contributed by atoms with van der Waals surface area (Å²) in [5.74, 6) is -1.88. The third kappa shape index (κ3) is 3.61. The Morgan fingerprint density at radius 1 is 1.24 bits per heavy atom. The standard InChI is InChI=1S/C16H15F2N3/c1-10(20)14(13-4-12(7-19)8-21-9-13)5-11-2-3-15(17)16(18)6-11/h2-4,6,8-10,14H,5,20H2,1H3. The van der Waals surface area contributed by atoms with Crippen molar-refractivity contribution in [1.82, 2.24) is 4.98 Å². The molecule has 1 aromatic carbocycles. The Balaban J connectivity index is 2.31. The summed E-state index contributed by atoms with van der Waals surface area (Å²) in [7, 11) is 0. The fourth-order valence-corrected chi connectivity index (χ4v) is 2.25. The van der Waals surface area contributed by atoms with Crippen LogP contribution in [0.1, 0.15) is 29.5 Å². The van der Waals surface area contributed by atoms with E-state index in [2.05, 4.69) is 4.98 Å². The molecule has 2 N–H and O–H groups in total. The van der Waals surface area contributed by atoms with Gasteiger partial charge in [-0.05, 0) is 42.7 Å². The van der Waals surface area contributed by atoms with Crippen LogP contribution in [0.15, 0.2) is 36.7 Å². The van der Waals surface area contributed by atoms with Crippen LogP contribution < -0.4 is 5.73 Å². The summed E-state index contributed by atoms with van der Waals surface area (Å²) in [4.78, 5) is 4.02. The first-order valence-corrected chi connectivity index (χ1v) is 6.56. The van der Waals surface area contributed by atoms with Gasteiger partial charge in [0.25, 0.3) is 0 Å². The molecule has 0 aliphatic rings. The molecule has 0 spiro atoms. The lowest BCUT2D eigenvalue weighted by molar-refractivity contribution is 0.503. The van der Waals surface area contributed by atoms with Crippen molar-refractivity contribution >= 4 is 0 Å². The van der Waals surface area contributed by atoms with E-state index in [9.17, 15) is 8.78 Å². The van der Waals surface area contributed by atoms with Crippen LogP contribution in [0.5, 0.6) is 0 Å². The molecule has 0 amide bonds. The number of nitriles is 1. The van der Waals surface area contributed by atoms with E-state index in [1.807, 2.05) is 13.0 Å². The van der Waals surface area contributed by atoms with Gasteiger partial charge in [-0.3, -0.25) is 4.98 Å². The molecule has 1 aromatic heterocycles. The first kappa shape index (κ1) is 15.1. The summed E-state index contributed by atoms with van der Waals surface area (Å²) < 4.78 is 26.3. The molecule has 0 saturated heterocycles. The SMILES string of the molecule is CC(N)C(Cc1ccc(F)c(F)c1)c1cncc(C#N)c1. The minimum Gasteiger partial charge on any atom is -0.327 e. The molecule has 0 radical (unpaired) electrons. The lowest BCUT2D eigenvalue weighted by atomic mass is 9.87. The smallest absolute Gasteiger partial charge is 0.159 e. The van der Waals surface area contributed by atoms with Crippen molar-refractivity contribution in [2.45, 2.75) is 25.3 Å². The minimum atomic E-state index is -0.875. The molecule has 5 heteroatoms. The first-order valence-electron chi connectivity index (χ1n) is 6.56. The number of hydrogen-bond acceptors (Lipinski definition) is 3. The topological polar surface area (TPSA) is 62.7 Å². The summed E-state index contributed by atoms with van der Waals surface area (Å²) in [5, 5.41) is 8.93. The van der Waals surface area contributed by atoms with Crippen LogP contribution in [0.4, 0.5) is 8.78 Å². The first-order chi connectivity index (χ1) is 10.0. The zero-order valence-electron chi connectivity index (χ0n) is 11.6. The lowest BCUT2D eigenvalue weighted by Gasteiger charge is -2.21. The van der Waals surface area contributed by atoms with E-state index < -0.39 is 11.6 Å². The summed E-state index contributed by atoms with van der Waals surface area (Å²) >= 11 is 0. The van der Waals surface area contributed by atoms with Gasteiger partial charge in [-0.25, -0.2) is 8.78 Å². The number of hydrogen-bond donors (Lipinski definition) is 1. The van der Waals surface area contributed by atoms with Crippen molar-refractivity contribution in [3.05, 3.63) is 65.0 Å². The maximum atomic E-state index is 13.3. The van der Waals surface area contributed by atoms with Crippen LogP contribution in [0.2, 0.25) is 0 Å². The third-order valence-corrected chi connectivity index (χ3v) is 3.39. The van der Waals surface area contributed by atoms with Crippen molar-refractivity contribution in [3.63, 3.8) is 0 Å². The van der Waals surface area contributed by atoms with E-state index in [0.29, 0.717) is 17.5 Å². The van der Waals surface area contributed by atoms with Gasteiger partial charge in [0.1, 0.15) is 6.07 Å². The van der Waals surface area contributed by atoms with Crippen LogP contribution in [-0.2, 0) is 6.42 Å². The predicted molar refractivity (Wildman–Crippen MR) is 75.4 cm³/mol. The maximum absolute atomic E-state index is 13.3. The summed E-state index contributed by atoms with van der Waals surface area (Å²) in [6.07, 6.45) is 3.57. The number of nitrogens with zero attached hydrogens (tertiary/aromatic N) is 2. The quantitative estimate of drug-likeness (QED) is 0.940. The zero-order chi connectivity index (χ0) is 15.4. The number of nitrogens with two attached hydrogens (primary N) is 1. The van der Waals surface area contributed by atoms with Crippen LogP contribution in [0.3, 0.4) is 0 Å². The normalized spacial score (nSPS) is 13.5. The fraction of sp³-hybridized carbons (Fsp3) is 0.250. The molecule has 0 aliphatic heterocycles. The minimum absolute atomic E-state index is 0.129. The Hall–Kier alpha value is -2.32. The van der Waals surface area contributed by atoms with Crippen LogP contribution in [0, 0.1) is 23.0 Å². The average molecular weight is 287 g/mol. The number of halogens is 2. The van der Waals surface area contributed by atoms with Crippen molar-refractivity contribution in [2.75, 3.05) is 0 Å². The fourth-order valence-electron chi connectivity index (χ4n) is 2.25. The molecule has 0 bridgehead atoms. The number of aromatic nitrogens is 1. The Kier molecular flexibility index (Phi) is 4.61. The van der Waals surface area contributed by atoms with Gasteiger partial charge in [-0.15, -0.1) is 0 Å². The number of benzene rings is 1. The highest BCUT2D eigenvalue weighted by atomic mass is 19.2. The summed E-state index contributed by atoms with van der Waals surface area (Å²) in [5.41, 5.74) is 7.91. The van der Waals surface area contributed by atoms with E-state index in [0.717, 1.165) is 11.6 Å². The Labute approximate surface area is 122 Å². The van der Waals surface area contributed by atoms with E-state index in [1.165, 1.54) is 18.3 Å². The molecule has 2 unspecified atom stereocenters. The maximum Gasteiger partial charge on any atom is 0.159 e. The molecule has 2 aromatic rings. The Morgan fingerprint density at radius 3 is 2.62 bits per heavy atom. The van der Waals surface area contributed by atoms with Gasteiger partial charge >= 0.3 is 0 Å². The molecular formula is C16H15F2N3. The second-order valence-electron chi connectivity index (χ2n) is 5.04. The Bertz CT molecular complexity index is 677. The second kappa shape index (κ2) is 6.42. The highest BCUT2D eigenvalue weighted by Crippen LogP contribution is 2.24. The molecular weight excluding hydrogens is 272 g/mol. The van der Waals surface area contributed by atoms with Crippen LogP contribution in [-0.4, -0.2) is 11.0 Å². The van der Waals surface area contributed by atoms with Crippen molar-refractivity contribution < 1.29 is 8.78 Å². The Morgan fingerprint density at radius 2 is 2.00 bits per heavy atom. The van der Waals surface area contributed by atoms with Gasteiger partial charge in [0.05, 0.1) is 5.56 Å². The second-order valence-corrected chi connectivity index (χ2v) is 5.04. The molecule has 1 heterocycles. The van der Waals surface area contributed by atoms with E-state index in [-0.39, 0.29) is 12.0 Å². The zero-order valence-corrected chi connectivity index (χ0v) is 11.6. The van der Waals surface area contributed by atoms with Gasteiger partial charge in [-0.2, -0.15) is 5.26 Å². The van der Waals surface area contributed by atoms with Gasteiger partial charge in [-0.1, -0.05) is 6.07 Å². The molecule has 2 atom stereocenters. The average Bonchev–Trinajstić information content (AvgIpc) is 2.48. The van der Waals surface area contributed by atoms with Crippen molar-refractivity contribution in [3.8, 4) is 6.07 Å². The largest absolute Gasteiger partial charge is 0.327 e. The van der Waals surface area contributed by atoms with Crippen LogP contribution in [0.25, 0.3) is 0 Å². The molecule has 0 aliphatic carbocycles. The number of rotatable bonds is 4. The van der Waals surface area contributed by atoms with Gasteiger partial charge < -0.3 is 5.73 Å². The van der Waals surface area contributed by atoms with Gasteiger partial charge in [0, 0.05) is 24.4 Å². The molecule has 2 rings (SSSR count). The molecule has 0 fully saturated rings. The molecule has 0 saturated carbocycles. The van der Waals surface area contributed by atoms with E-state index >= 15 is 0 Å². The monoisotopic (exact) mass is 287 g/mol. The number of pyridine rings is 1. The van der Waals surface area contributed by atoms with E-state index in [4.69, 9.17) is 11.0 Å².